The Morgan fingerprint density at radius 3 is 2.56 bits per heavy atom. The summed E-state index contributed by atoms with van der Waals surface area (Å²) >= 11 is 6.05. The van der Waals surface area contributed by atoms with Gasteiger partial charge in [0.15, 0.2) is 5.78 Å². The van der Waals surface area contributed by atoms with Gasteiger partial charge in [-0.3, -0.25) is 4.79 Å². The zero-order chi connectivity index (χ0) is 12.5. The van der Waals surface area contributed by atoms with E-state index >= 15 is 0 Å². The third-order valence-electron chi connectivity index (χ3n) is 2.86. The fourth-order valence-corrected chi connectivity index (χ4v) is 2.20. The van der Waals surface area contributed by atoms with Crippen LogP contribution in [0, 0.1) is 0 Å². The second-order valence-corrected chi connectivity index (χ2v) is 4.35. The number of ketones is 1. The molecule has 1 heterocycles. The lowest BCUT2D eigenvalue weighted by Gasteiger charge is -2.04. The molecule has 0 bridgehead atoms. The monoisotopic (exact) mass is 256 g/mol. The molecular formula is C15H9ClO2. The Bertz CT molecular complexity index is 728. The molecule has 0 aliphatic carbocycles. The number of furan rings is 1. The molecule has 2 aromatic carbocycles. The smallest absolute Gasteiger partial charge is 0.195 e. The van der Waals surface area contributed by atoms with Crippen LogP contribution in [0.5, 0.6) is 0 Å². The molecule has 0 N–H and O–H groups in total. The zero-order valence-corrected chi connectivity index (χ0v) is 10.1. The number of carbonyl (C=O) groups is 1. The van der Waals surface area contributed by atoms with E-state index in [-0.39, 0.29) is 5.78 Å². The fraction of sp³-hybridized carbons (Fsp3) is 0. The maximum Gasteiger partial charge on any atom is 0.195 e. The van der Waals surface area contributed by atoms with Crippen LogP contribution >= 0.6 is 11.6 Å². The summed E-state index contributed by atoms with van der Waals surface area (Å²) in [6, 6.07) is 14.2. The summed E-state index contributed by atoms with van der Waals surface area (Å²) in [5.74, 6) is -0.0902. The highest BCUT2D eigenvalue weighted by molar-refractivity contribution is 6.35. The van der Waals surface area contributed by atoms with Crippen molar-refractivity contribution in [3.63, 3.8) is 0 Å². The highest BCUT2D eigenvalue weighted by Gasteiger charge is 2.15. The fourth-order valence-electron chi connectivity index (χ4n) is 1.98. The van der Waals surface area contributed by atoms with Crippen LogP contribution in [0.1, 0.15) is 15.9 Å². The normalized spacial score (nSPS) is 10.7. The first-order valence-electron chi connectivity index (χ1n) is 5.53. The topological polar surface area (TPSA) is 30.2 Å². The third-order valence-corrected chi connectivity index (χ3v) is 3.19. The van der Waals surface area contributed by atoms with Crippen molar-refractivity contribution in [1.29, 1.82) is 0 Å². The van der Waals surface area contributed by atoms with E-state index in [1.165, 1.54) is 0 Å². The lowest BCUT2D eigenvalue weighted by Crippen LogP contribution is -2.02. The first kappa shape index (κ1) is 11.1. The van der Waals surface area contributed by atoms with E-state index in [2.05, 4.69) is 0 Å². The van der Waals surface area contributed by atoms with Crippen LogP contribution in [0.3, 0.4) is 0 Å². The van der Waals surface area contributed by atoms with Gasteiger partial charge in [0, 0.05) is 16.5 Å². The van der Waals surface area contributed by atoms with Gasteiger partial charge in [0.2, 0.25) is 0 Å². The summed E-state index contributed by atoms with van der Waals surface area (Å²) in [6.07, 6.45) is 1.58. The van der Waals surface area contributed by atoms with E-state index in [1.54, 1.807) is 48.7 Å². The molecule has 0 amide bonds. The largest absolute Gasteiger partial charge is 0.464 e. The van der Waals surface area contributed by atoms with E-state index in [0.29, 0.717) is 21.7 Å². The number of hydrogen-bond acceptors (Lipinski definition) is 2. The molecule has 88 valence electrons. The predicted molar refractivity (Wildman–Crippen MR) is 71.1 cm³/mol. The Morgan fingerprint density at radius 2 is 1.72 bits per heavy atom. The molecule has 1 aromatic heterocycles. The highest BCUT2D eigenvalue weighted by atomic mass is 35.5. The van der Waals surface area contributed by atoms with Gasteiger partial charge in [0.05, 0.1) is 11.3 Å². The lowest BCUT2D eigenvalue weighted by molar-refractivity contribution is 0.104. The number of carbonyl (C=O) groups excluding carboxylic acids is 1. The molecule has 3 aromatic rings. The van der Waals surface area contributed by atoms with Crippen molar-refractivity contribution < 1.29 is 9.21 Å². The summed E-state index contributed by atoms with van der Waals surface area (Å²) in [7, 11) is 0. The van der Waals surface area contributed by atoms with Crippen molar-refractivity contribution in [2.75, 3.05) is 0 Å². The molecule has 2 nitrogen and oxygen atoms in total. The van der Waals surface area contributed by atoms with E-state index in [0.717, 1.165) is 5.39 Å². The van der Waals surface area contributed by atoms with Gasteiger partial charge in [0.25, 0.3) is 0 Å². The highest BCUT2D eigenvalue weighted by Crippen LogP contribution is 2.25. The van der Waals surface area contributed by atoms with E-state index in [4.69, 9.17) is 16.0 Å². The Hall–Kier alpha value is -2.06. The first-order chi connectivity index (χ1) is 8.77. The van der Waals surface area contributed by atoms with Crippen LogP contribution < -0.4 is 0 Å². The molecule has 0 aliphatic rings. The number of fused-ring (bicyclic) bond motifs is 1. The van der Waals surface area contributed by atoms with Gasteiger partial charge in [-0.25, -0.2) is 0 Å². The maximum absolute atomic E-state index is 12.5. The van der Waals surface area contributed by atoms with Gasteiger partial charge in [0.1, 0.15) is 5.58 Å². The minimum atomic E-state index is -0.0902. The Labute approximate surface area is 109 Å². The molecule has 0 saturated carbocycles. The molecule has 0 radical (unpaired) electrons. The number of hydrogen-bond donors (Lipinski definition) is 0. The van der Waals surface area contributed by atoms with Gasteiger partial charge >= 0.3 is 0 Å². The van der Waals surface area contributed by atoms with Crippen molar-refractivity contribution >= 4 is 28.4 Å². The molecule has 3 rings (SSSR count). The van der Waals surface area contributed by atoms with Gasteiger partial charge in [-0.15, -0.1) is 0 Å². The second-order valence-electron chi connectivity index (χ2n) is 3.95. The molecule has 0 aliphatic heterocycles. The SMILES string of the molecule is O=C(c1ccccc1Cl)c1cccc2occc12. The van der Waals surface area contributed by atoms with E-state index < -0.39 is 0 Å². The number of halogens is 1. The van der Waals surface area contributed by atoms with Crippen LogP contribution in [0.15, 0.2) is 59.2 Å². The van der Waals surface area contributed by atoms with Crippen LogP contribution in [0.25, 0.3) is 11.0 Å². The average Bonchev–Trinajstić information content (AvgIpc) is 2.86. The van der Waals surface area contributed by atoms with Gasteiger partial charge in [-0.05, 0) is 24.3 Å². The van der Waals surface area contributed by atoms with Crippen LogP contribution in [0.4, 0.5) is 0 Å². The summed E-state index contributed by atoms with van der Waals surface area (Å²) in [6.45, 7) is 0. The molecule has 18 heavy (non-hydrogen) atoms. The summed E-state index contributed by atoms with van der Waals surface area (Å²) in [5, 5.41) is 1.27. The van der Waals surface area contributed by atoms with Gasteiger partial charge < -0.3 is 4.42 Å². The molecule has 0 spiro atoms. The van der Waals surface area contributed by atoms with Crippen molar-refractivity contribution in [3.8, 4) is 0 Å². The van der Waals surface area contributed by atoms with Crippen LogP contribution in [-0.2, 0) is 0 Å². The summed E-state index contributed by atoms with van der Waals surface area (Å²) in [4.78, 5) is 12.5. The molecule has 0 unspecified atom stereocenters. The molecule has 0 atom stereocenters. The summed E-state index contributed by atoms with van der Waals surface area (Å²) in [5.41, 5.74) is 1.81. The second kappa shape index (κ2) is 4.31. The predicted octanol–water partition coefficient (Wildman–Crippen LogP) is 4.32. The Balaban J connectivity index is 2.18. The third kappa shape index (κ3) is 1.71. The van der Waals surface area contributed by atoms with Crippen molar-refractivity contribution in [2.45, 2.75) is 0 Å². The quantitative estimate of drug-likeness (QED) is 0.639. The standard InChI is InChI=1S/C15H9ClO2/c16-13-6-2-1-4-12(13)15(17)11-5-3-7-14-10(11)8-9-18-14/h1-9H. The van der Waals surface area contributed by atoms with Crippen LogP contribution in [-0.4, -0.2) is 5.78 Å². The Morgan fingerprint density at radius 1 is 0.944 bits per heavy atom. The van der Waals surface area contributed by atoms with Gasteiger partial charge in [-0.2, -0.15) is 0 Å². The van der Waals surface area contributed by atoms with Crippen LogP contribution in [0.2, 0.25) is 5.02 Å². The van der Waals surface area contributed by atoms with E-state index in [9.17, 15) is 4.79 Å². The summed E-state index contributed by atoms with van der Waals surface area (Å²) < 4.78 is 5.29. The minimum absolute atomic E-state index is 0.0902. The number of benzene rings is 2. The zero-order valence-electron chi connectivity index (χ0n) is 9.39. The van der Waals surface area contributed by atoms with Crippen molar-refractivity contribution in [2.24, 2.45) is 0 Å². The van der Waals surface area contributed by atoms with E-state index in [1.807, 2.05) is 6.07 Å². The van der Waals surface area contributed by atoms with Crippen molar-refractivity contribution in [3.05, 3.63) is 70.9 Å². The van der Waals surface area contributed by atoms with Gasteiger partial charge in [-0.1, -0.05) is 35.9 Å². The average molecular weight is 257 g/mol. The number of rotatable bonds is 2. The first-order valence-corrected chi connectivity index (χ1v) is 5.90. The molecule has 0 fully saturated rings. The van der Waals surface area contributed by atoms with Crippen molar-refractivity contribution in [1.82, 2.24) is 0 Å². The molecule has 0 saturated heterocycles. The molecule has 3 heteroatoms. The maximum atomic E-state index is 12.5. The molecular weight excluding hydrogens is 248 g/mol. The minimum Gasteiger partial charge on any atom is -0.464 e. The Kier molecular flexibility index (Phi) is 2.65. The lowest BCUT2D eigenvalue weighted by atomic mass is 10.0.